The molecule has 1 aliphatic rings. The highest BCUT2D eigenvalue weighted by molar-refractivity contribution is 5.96. The second-order valence-electron chi connectivity index (χ2n) is 4.37. The van der Waals surface area contributed by atoms with E-state index < -0.39 is 0 Å². The zero-order valence-electron chi connectivity index (χ0n) is 10.4. The van der Waals surface area contributed by atoms with Crippen LogP contribution in [0.3, 0.4) is 0 Å². The molecule has 1 unspecified atom stereocenters. The lowest BCUT2D eigenvalue weighted by Gasteiger charge is -2.22. The first kappa shape index (κ1) is 12.7. The second kappa shape index (κ2) is 5.73. The molecule has 1 saturated heterocycles. The van der Waals surface area contributed by atoms with Crippen LogP contribution in [0, 0.1) is 0 Å². The number of ether oxygens (including phenoxy) is 1. The van der Waals surface area contributed by atoms with E-state index in [1.165, 1.54) is 6.07 Å². The number of phenols is 1. The first-order chi connectivity index (χ1) is 8.70. The number of piperidine rings is 1. The van der Waals surface area contributed by atoms with Gasteiger partial charge in [-0.3, -0.25) is 4.79 Å². The van der Waals surface area contributed by atoms with Crippen LogP contribution in [0.25, 0.3) is 0 Å². The molecule has 98 valence electrons. The topological polar surface area (TPSA) is 70.6 Å². The van der Waals surface area contributed by atoms with Gasteiger partial charge in [-0.25, -0.2) is 0 Å². The number of rotatable bonds is 3. The lowest BCUT2D eigenvalue weighted by Crippen LogP contribution is -2.43. The van der Waals surface area contributed by atoms with Crippen LogP contribution in [0.15, 0.2) is 18.2 Å². The molecule has 0 aliphatic carbocycles. The third-order valence-electron chi connectivity index (χ3n) is 3.09. The average Bonchev–Trinajstić information content (AvgIpc) is 2.42. The van der Waals surface area contributed by atoms with Crippen LogP contribution in [0.4, 0.5) is 5.69 Å². The fourth-order valence-electron chi connectivity index (χ4n) is 2.04. The van der Waals surface area contributed by atoms with Crippen molar-refractivity contribution in [3.8, 4) is 11.5 Å². The van der Waals surface area contributed by atoms with Gasteiger partial charge in [0.15, 0.2) is 0 Å². The fourth-order valence-corrected chi connectivity index (χ4v) is 2.04. The van der Waals surface area contributed by atoms with Crippen LogP contribution < -0.4 is 15.4 Å². The molecule has 0 spiro atoms. The van der Waals surface area contributed by atoms with Gasteiger partial charge in [0.05, 0.1) is 18.8 Å². The van der Waals surface area contributed by atoms with Crippen molar-refractivity contribution >= 4 is 11.6 Å². The number of aromatic hydroxyl groups is 1. The highest BCUT2D eigenvalue weighted by Crippen LogP contribution is 2.28. The number of benzene rings is 1. The standard InChI is InChI=1S/C13H18N2O3/c1-18-9-5-6-12(16)11(8-9)15-13(17)10-4-2-3-7-14-10/h5-6,8,10,14,16H,2-4,7H2,1H3,(H,15,17). The van der Waals surface area contributed by atoms with E-state index in [-0.39, 0.29) is 17.7 Å². The Labute approximate surface area is 106 Å². The first-order valence-electron chi connectivity index (χ1n) is 6.12. The van der Waals surface area contributed by atoms with Gasteiger partial charge in [0.25, 0.3) is 0 Å². The molecule has 1 aromatic carbocycles. The van der Waals surface area contributed by atoms with E-state index in [0.29, 0.717) is 11.4 Å². The fraction of sp³-hybridized carbons (Fsp3) is 0.462. The van der Waals surface area contributed by atoms with Crippen LogP contribution in [0.5, 0.6) is 11.5 Å². The minimum absolute atomic E-state index is 0.0416. The smallest absolute Gasteiger partial charge is 0.241 e. The summed E-state index contributed by atoms with van der Waals surface area (Å²) in [5.74, 6) is 0.526. The van der Waals surface area contributed by atoms with Crippen molar-refractivity contribution in [2.45, 2.75) is 25.3 Å². The van der Waals surface area contributed by atoms with E-state index in [4.69, 9.17) is 4.74 Å². The Bertz CT molecular complexity index is 428. The number of hydrogen-bond acceptors (Lipinski definition) is 4. The maximum atomic E-state index is 12.0. The zero-order chi connectivity index (χ0) is 13.0. The van der Waals surface area contributed by atoms with Crippen LogP contribution >= 0.6 is 0 Å². The molecule has 2 rings (SSSR count). The molecule has 3 N–H and O–H groups in total. The Morgan fingerprint density at radius 1 is 1.50 bits per heavy atom. The Kier molecular flexibility index (Phi) is 4.04. The maximum absolute atomic E-state index is 12.0. The van der Waals surface area contributed by atoms with Crippen molar-refractivity contribution in [2.75, 3.05) is 19.0 Å². The SMILES string of the molecule is COc1ccc(O)c(NC(=O)C2CCCCN2)c1. The maximum Gasteiger partial charge on any atom is 0.241 e. The van der Waals surface area contributed by atoms with Gasteiger partial charge >= 0.3 is 0 Å². The lowest BCUT2D eigenvalue weighted by molar-refractivity contribution is -0.118. The highest BCUT2D eigenvalue weighted by atomic mass is 16.5. The van der Waals surface area contributed by atoms with E-state index in [2.05, 4.69) is 10.6 Å². The molecule has 1 fully saturated rings. The number of nitrogens with one attached hydrogen (secondary N) is 2. The summed E-state index contributed by atoms with van der Waals surface area (Å²) < 4.78 is 5.06. The number of phenolic OH excluding ortho intramolecular Hbond substituents is 1. The summed E-state index contributed by atoms with van der Waals surface area (Å²) >= 11 is 0. The van der Waals surface area contributed by atoms with E-state index in [9.17, 15) is 9.90 Å². The quantitative estimate of drug-likeness (QED) is 0.711. The monoisotopic (exact) mass is 250 g/mol. The zero-order valence-corrected chi connectivity index (χ0v) is 10.4. The van der Waals surface area contributed by atoms with Gasteiger partial charge in [0, 0.05) is 6.07 Å². The van der Waals surface area contributed by atoms with E-state index in [1.807, 2.05) is 0 Å². The number of carbonyl (C=O) groups excluding carboxylic acids is 1. The second-order valence-corrected chi connectivity index (χ2v) is 4.37. The first-order valence-corrected chi connectivity index (χ1v) is 6.12. The molecule has 1 atom stereocenters. The van der Waals surface area contributed by atoms with Crippen molar-refractivity contribution in [2.24, 2.45) is 0 Å². The molecule has 1 aliphatic heterocycles. The van der Waals surface area contributed by atoms with Crippen LogP contribution in [-0.2, 0) is 4.79 Å². The van der Waals surface area contributed by atoms with Crippen LogP contribution in [0.1, 0.15) is 19.3 Å². The van der Waals surface area contributed by atoms with Crippen molar-refractivity contribution in [3.05, 3.63) is 18.2 Å². The number of methoxy groups -OCH3 is 1. The molecule has 1 heterocycles. The number of anilines is 1. The van der Waals surface area contributed by atoms with E-state index in [0.717, 1.165) is 25.8 Å². The molecule has 5 nitrogen and oxygen atoms in total. The van der Waals surface area contributed by atoms with Crippen LogP contribution in [-0.4, -0.2) is 30.7 Å². The predicted octanol–water partition coefficient (Wildman–Crippen LogP) is 1.48. The van der Waals surface area contributed by atoms with Gasteiger partial charge in [-0.1, -0.05) is 6.42 Å². The Morgan fingerprint density at radius 2 is 2.33 bits per heavy atom. The third-order valence-corrected chi connectivity index (χ3v) is 3.09. The molecule has 1 amide bonds. The highest BCUT2D eigenvalue weighted by Gasteiger charge is 2.21. The lowest BCUT2D eigenvalue weighted by atomic mass is 10.0. The normalized spacial score (nSPS) is 19.3. The predicted molar refractivity (Wildman–Crippen MR) is 68.9 cm³/mol. The molecule has 1 aromatic rings. The van der Waals surface area contributed by atoms with Crippen molar-refractivity contribution in [1.29, 1.82) is 0 Å². The summed E-state index contributed by atoms with van der Waals surface area (Å²) in [7, 11) is 1.54. The molecular weight excluding hydrogens is 232 g/mol. The van der Waals surface area contributed by atoms with Crippen molar-refractivity contribution in [3.63, 3.8) is 0 Å². The molecular formula is C13H18N2O3. The van der Waals surface area contributed by atoms with E-state index in [1.54, 1.807) is 19.2 Å². The minimum atomic E-state index is -0.177. The van der Waals surface area contributed by atoms with Gasteiger partial charge in [-0.15, -0.1) is 0 Å². The van der Waals surface area contributed by atoms with E-state index >= 15 is 0 Å². The Balaban J connectivity index is 2.05. The summed E-state index contributed by atoms with van der Waals surface area (Å²) in [6.07, 6.45) is 2.99. The third kappa shape index (κ3) is 2.92. The number of hydrogen-bond donors (Lipinski definition) is 3. The van der Waals surface area contributed by atoms with Crippen molar-refractivity contribution < 1.29 is 14.6 Å². The Hall–Kier alpha value is -1.75. The molecule has 18 heavy (non-hydrogen) atoms. The minimum Gasteiger partial charge on any atom is -0.506 e. The molecule has 5 heteroatoms. The van der Waals surface area contributed by atoms with Gasteiger partial charge in [0.1, 0.15) is 11.5 Å². The number of carbonyl (C=O) groups is 1. The summed E-state index contributed by atoms with van der Waals surface area (Å²) in [5, 5.41) is 15.6. The summed E-state index contributed by atoms with van der Waals surface area (Å²) in [6.45, 7) is 0.863. The van der Waals surface area contributed by atoms with Crippen molar-refractivity contribution in [1.82, 2.24) is 5.32 Å². The average molecular weight is 250 g/mol. The van der Waals surface area contributed by atoms with Crippen LogP contribution in [0.2, 0.25) is 0 Å². The largest absolute Gasteiger partial charge is 0.506 e. The van der Waals surface area contributed by atoms with Gasteiger partial charge in [-0.2, -0.15) is 0 Å². The summed E-state index contributed by atoms with van der Waals surface area (Å²) in [6, 6.07) is 4.58. The van der Waals surface area contributed by atoms with Gasteiger partial charge in [0.2, 0.25) is 5.91 Å². The van der Waals surface area contributed by atoms with Gasteiger partial charge in [-0.05, 0) is 31.5 Å². The van der Waals surface area contributed by atoms with Gasteiger partial charge < -0.3 is 20.5 Å². The summed E-state index contributed by atoms with van der Waals surface area (Å²) in [4.78, 5) is 12.0. The molecule has 0 radical (unpaired) electrons. The molecule has 0 bridgehead atoms. The molecule has 0 saturated carbocycles. The molecule has 0 aromatic heterocycles. The summed E-state index contributed by atoms with van der Waals surface area (Å²) in [5.41, 5.74) is 0.381. The number of amides is 1. The Morgan fingerprint density at radius 3 is 3.00 bits per heavy atom.